The zero-order chi connectivity index (χ0) is 26.0. The van der Waals surface area contributed by atoms with Crippen LogP contribution in [0, 0.1) is 23.7 Å². The summed E-state index contributed by atoms with van der Waals surface area (Å²) < 4.78 is 53.1. The third-order valence-electron chi connectivity index (χ3n) is 7.70. The normalized spacial score (nSPS) is 31.2. The molecule has 9 heteroatoms. The quantitative estimate of drug-likeness (QED) is 0.252. The monoisotopic (exact) mass is 518 g/mol. The molecular weight excluding hydrogens is 474 g/mol. The minimum Gasteiger partial charge on any atom is -0.395 e. The second-order valence-electron chi connectivity index (χ2n) is 10.4. The van der Waals surface area contributed by atoms with E-state index in [0.717, 1.165) is 44.9 Å². The first-order valence-corrected chi connectivity index (χ1v) is 13.7. The molecule has 0 aromatic heterocycles. The summed E-state index contributed by atoms with van der Waals surface area (Å²) in [5, 5.41) is 30.1. The minimum absolute atomic E-state index is 0.0889. The van der Waals surface area contributed by atoms with Crippen LogP contribution in [0.25, 0.3) is 0 Å². The molecule has 0 aromatic carbocycles. The van der Waals surface area contributed by atoms with Gasteiger partial charge in [-0.05, 0) is 56.3 Å². The van der Waals surface area contributed by atoms with E-state index in [9.17, 15) is 19.0 Å². The van der Waals surface area contributed by atoms with Gasteiger partial charge in [0.05, 0.1) is 32.0 Å². The number of aliphatic hydroxyl groups is 3. The standard InChI is InChI=1S/C27H44F2O7/c1-2-3-5-11-26(34-16-17-35-26)13-10-20-21(18-24(32)27(28,29)12-6-7-14-30)22(31)19-23(20)36-25-9-4-8-15-33-25/h20-25,30-32H,2-5,7-11,13-19H2,1H3/t20-,21-,22+,23-,24?,25?/m1/s1. The maximum atomic E-state index is 14.5. The van der Waals surface area contributed by atoms with Gasteiger partial charge in [0.15, 0.2) is 12.1 Å². The lowest BCUT2D eigenvalue weighted by Crippen LogP contribution is -2.39. The smallest absolute Gasteiger partial charge is 0.333 e. The predicted octanol–water partition coefficient (Wildman–Crippen LogP) is 3.77. The Morgan fingerprint density at radius 2 is 1.89 bits per heavy atom. The Morgan fingerprint density at radius 3 is 2.56 bits per heavy atom. The molecule has 0 aromatic rings. The Hall–Kier alpha value is -0.860. The molecule has 36 heavy (non-hydrogen) atoms. The number of rotatable bonds is 13. The number of unbranched alkanes of at least 4 members (excludes halogenated alkanes) is 2. The molecule has 1 aliphatic carbocycles. The van der Waals surface area contributed by atoms with Crippen LogP contribution in [0.15, 0.2) is 0 Å². The van der Waals surface area contributed by atoms with Gasteiger partial charge >= 0.3 is 5.92 Å². The molecule has 3 fully saturated rings. The fraction of sp³-hybridized carbons (Fsp3) is 0.926. The molecule has 2 heterocycles. The minimum atomic E-state index is -3.64. The highest BCUT2D eigenvalue weighted by atomic mass is 19.3. The van der Waals surface area contributed by atoms with Crippen LogP contribution in [0.2, 0.25) is 0 Å². The van der Waals surface area contributed by atoms with Crippen LogP contribution < -0.4 is 0 Å². The first kappa shape index (κ1) is 29.7. The topological polar surface area (TPSA) is 97.6 Å². The molecule has 2 aliphatic heterocycles. The van der Waals surface area contributed by atoms with Crippen molar-refractivity contribution in [1.29, 1.82) is 0 Å². The van der Waals surface area contributed by atoms with E-state index >= 15 is 0 Å². The van der Waals surface area contributed by atoms with Gasteiger partial charge in [0.1, 0.15) is 6.10 Å². The van der Waals surface area contributed by atoms with E-state index in [1.54, 1.807) is 5.92 Å². The summed E-state index contributed by atoms with van der Waals surface area (Å²) in [6, 6.07) is 0. The summed E-state index contributed by atoms with van der Waals surface area (Å²) in [4.78, 5) is 0. The van der Waals surface area contributed by atoms with Crippen molar-refractivity contribution in [3.8, 4) is 11.8 Å². The summed E-state index contributed by atoms with van der Waals surface area (Å²) >= 11 is 0. The van der Waals surface area contributed by atoms with Gasteiger partial charge in [-0.25, -0.2) is 0 Å². The van der Waals surface area contributed by atoms with Crippen molar-refractivity contribution in [3.63, 3.8) is 0 Å². The molecule has 0 radical (unpaired) electrons. The molecule has 3 rings (SSSR count). The molecule has 6 atom stereocenters. The third-order valence-corrected chi connectivity index (χ3v) is 7.70. The molecule has 0 spiro atoms. The average molecular weight is 519 g/mol. The van der Waals surface area contributed by atoms with Crippen LogP contribution in [0.3, 0.4) is 0 Å². The van der Waals surface area contributed by atoms with Crippen molar-refractivity contribution >= 4 is 0 Å². The maximum Gasteiger partial charge on any atom is 0.333 e. The van der Waals surface area contributed by atoms with E-state index in [-0.39, 0.29) is 37.8 Å². The van der Waals surface area contributed by atoms with Crippen molar-refractivity contribution in [2.24, 2.45) is 11.8 Å². The average Bonchev–Trinajstić information content (AvgIpc) is 3.43. The molecule has 2 unspecified atom stereocenters. The van der Waals surface area contributed by atoms with Gasteiger partial charge in [-0.15, -0.1) is 0 Å². The Kier molecular flexibility index (Phi) is 11.8. The number of hydrogen-bond acceptors (Lipinski definition) is 7. The number of ether oxygens (including phenoxy) is 4. The van der Waals surface area contributed by atoms with E-state index in [1.165, 1.54) is 0 Å². The summed E-state index contributed by atoms with van der Waals surface area (Å²) in [6.07, 6.45) is 3.99. The van der Waals surface area contributed by atoms with E-state index < -0.39 is 29.8 Å². The summed E-state index contributed by atoms with van der Waals surface area (Å²) in [5.41, 5.74) is 0. The van der Waals surface area contributed by atoms with Gasteiger partial charge in [0.25, 0.3) is 0 Å². The van der Waals surface area contributed by atoms with Crippen LogP contribution in [-0.4, -0.2) is 78.1 Å². The summed E-state index contributed by atoms with van der Waals surface area (Å²) in [7, 11) is 0. The Balaban J connectivity index is 1.72. The van der Waals surface area contributed by atoms with Gasteiger partial charge in [-0.1, -0.05) is 25.7 Å². The predicted molar refractivity (Wildman–Crippen MR) is 129 cm³/mol. The van der Waals surface area contributed by atoms with Gasteiger partial charge in [-0.2, -0.15) is 8.78 Å². The first-order chi connectivity index (χ1) is 17.3. The second-order valence-corrected chi connectivity index (χ2v) is 10.4. The summed E-state index contributed by atoms with van der Waals surface area (Å²) in [6.45, 7) is 3.48. The lowest BCUT2D eigenvalue weighted by Gasteiger charge is -2.34. The van der Waals surface area contributed by atoms with Crippen molar-refractivity contribution < 1.29 is 43.0 Å². The maximum absolute atomic E-state index is 14.5. The van der Waals surface area contributed by atoms with Crippen LogP contribution in [-0.2, 0) is 18.9 Å². The van der Waals surface area contributed by atoms with E-state index in [1.807, 2.05) is 0 Å². The Bertz CT molecular complexity index is 698. The lowest BCUT2D eigenvalue weighted by atomic mass is 9.82. The molecule has 1 saturated carbocycles. The van der Waals surface area contributed by atoms with Crippen LogP contribution in [0.1, 0.15) is 84.0 Å². The second kappa shape index (κ2) is 14.3. The van der Waals surface area contributed by atoms with Gasteiger partial charge in [0.2, 0.25) is 0 Å². The molecule has 3 N–H and O–H groups in total. The number of hydrogen-bond donors (Lipinski definition) is 3. The zero-order valence-corrected chi connectivity index (χ0v) is 21.5. The highest BCUT2D eigenvalue weighted by molar-refractivity contribution is 5.12. The number of halogens is 2. The third kappa shape index (κ3) is 8.32. The van der Waals surface area contributed by atoms with Crippen LogP contribution >= 0.6 is 0 Å². The van der Waals surface area contributed by atoms with Crippen molar-refractivity contribution in [1.82, 2.24) is 0 Å². The number of aliphatic hydroxyl groups excluding tert-OH is 3. The molecule has 3 aliphatic rings. The molecule has 0 bridgehead atoms. The van der Waals surface area contributed by atoms with E-state index in [4.69, 9.17) is 24.1 Å². The fourth-order valence-electron chi connectivity index (χ4n) is 5.72. The first-order valence-electron chi connectivity index (χ1n) is 13.7. The molecule has 7 nitrogen and oxygen atoms in total. The van der Waals surface area contributed by atoms with Crippen molar-refractivity contribution in [2.75, 3.05) is 26.4 Å². The highest BCUT2D eigenvalue weighted by Crippen LogP contribution is 2.44. The largest absolute Gasteiger partial charge is 0.395 e. The summed E-state index contributed by atoms with van der Waals surface area (Å²) in [5.74, 6) is -1.19. The van der Waals surface area contributed by atoms with Crippen LogP contribution in [0.5, 0.6) is 0 Å². The Morgan fingerprint density at radius 1 is 1.11 bits per heavy atom. The van der Waals surface area contributed by atoms with E-state index in [0.29, 0.717) is 39.1 Å². The molecular formula is C27H44F2O7. The Labute approximate surface area is 213 Å². The van der Waals surface area contributed by atoms with Crippen LogP contribution in [0.4, 0.5) is 8.78 Å². The van der Waals surface area contributed by atoms with Crippen molar-refractivity contribution in [3.05, 3.63) is 0 Å². The fourth-order valence-corrected chi connectivity index (χ4v) is 5.72. The number of alkyl halides is 2. The van der Waals surface area contributed by atoms with Gasteiger partial charge < -0.3 is 34.3 Å². The lowest BCUT2D eigenvalue weighted by molar-refractivity contribution is -0.202. The van der Waals surface area contributed by atoms with Gasteiger partial charge in [0, 0.05) is 32.3 Å². The molecule has 208 valence electrons. The molecule has 0 amide bonds. The van der Waals surface area contributed by atoms with E-state index in [2.05, 4.69) is 12.8 Å². The highest BCUT2D eigenvalue weighted by Gasteiger charge is 2.49. The van der Waals surface area contributed by atoms with Crippen molar-refractivity contribution in [2.45, 2.75) is 120 Å². The SMILES string of the molecule is CCCCCC1(CC[C@@H]2[C@@H](CC(O)C(F)(F)C#CCCO)[C@@H](O)C[C@H]2OC2CCCCO2)OCCO1. The molecule has 2 saturated heterocycles. The zero-order valence-electron chi connectivity index (χ0n) is 21.5. The van der Waals surface area contributed by atoms with Gasteiger partial charge in [-0.3, -0.25) is 0 Å².